The second-order valence-corrected chi connectivity index (χ2v) is 5.48. The van der Waals surface area contributed by atoms with E-state index in [1.807, 2.05) is 50.3 Å². The Bertz CT molecular complexity index is 357. The molecule has 0 saturated heterocycles. The lowest BCUT2D eigenvalue weighted by molar-refractivity contribution is -0.113. The third kappa shape index (κ3) is 4.70. The van der Waals surface area contributed by atoms with Crippen LogP contribution in [0.25, 0.3) is 0 Å². The smallest absolute Gasteiger partial charge is 0.241 e. The second kappa shape index (κ2) is 5.03. The molecule has 0 atom stereocenters. The fraction of sp³-hybridized carbons (Fsp3) is 0.250. The first kappa shape index (κ1) is 11.9. The van der Waals surface area contributed by atoms with Gasteiger partial charge in [-0.25, -0.2) is 0 Å². The van der Waals surface area contributed by atoms with Crippen molar-refractivity contribution in [1.82, 2.24) is 0 Å². The number of hydrogen-bond acceptors (Lipinski definition) is 2. The van der Waals surface area contributed by atoms with E-state index in [4.69, 9.17) is 5.73 Å². The van der Waals surface area contributed by atoms with Crippen molar-refractivity contribution in [1.29, 1.82) is 0 Å². The maximum atomic E-state index is 10.6. The molecule has 0 aliphatic rings. The molecular weight excluding hydrogens is 206 g/mol. The van der Waals surface area contributed by atoms with E-state index in [2.05, 4.69) is 0 Å². The standard InChI is InChI=1S/C12H15NOS/c1-12(2,9-8-11(13)14)15-10-6-4-3-5-7-10/h3-9H,1-2H3,(H2,13,14)/b9-8+. The minimum absolute atomic E-state index is 0.129. The third-order valence-corrected chi connectivity index (χ3v) is 2.94. The minimum atomic E-state index is -0.406. The molecule has 0 fully saturated rings. The van der Waals surface area contributed by atoms with Crippen LogP contribution in [-0.4, -0.2) is 10.7 Å². The van der Waals surface area contributed by atoms with E-state index >= 15 is 0 Å². The van der Waals surface area contributed by atoms with Crippen molar-refractivity contribution in [2.24, 2.45) is 5.73 Å². The van der Waals surface area contributed by atoms with E-state index in [0.717, 1.165) is 0 Å². The number of benzene rings is 1. The number of nitrogens with two attached hydrogens (primary N) is 1. The molecule has 0 aliphatic heterocycles. The lowest BCUT2D eigenvalue weighted by Crippen LogP contribution is -2.13. The van der Waals surface area contributed by atoms with E-state index < -0.39 is 5.91 Å². The SMILES string of the molecule is CC(C)(/C=C/C(N)=O)Sc1ccccc1. The van der Waals surface area contributed by atoms with Gasteiger partial charge in [-0.3, -0.25) is 4.79 Å². The van der Waals surface area contributed by atoms with Crippen LogP contribution in [0.2, 0.25) is 0 Å². The van der Waals surface area contributed by atoms with E-state index in [0.29, 0.717) is 0 Å². The van der Waals surface area contributed by atoms with Crippen LogP contribution in [0.15, 0.2) is 47.4 Å². The van der Waals surface area contributed by atoms with Crippen LogP contribution in [0, 0.1) is 0 Å². The third-order valence-electron chi connectivity index (χ3n) is 1.77. The summed E-state index contributed by atoms with van der Waals surface area (Å²) >= 11 is 1.69. The summed E-state index contributed by atoms with van der Waals surface area (Å²) in [6.45, 7) is 4.09. The predicted molar refractivity (Wildman–Crippen MR) is 64.7 cm³/mol. The zero-order valence-corrected chi connectivity index (χ0v) is 9.75. The van der Waals surface area contributed by atoms with Gasteiger partial charge in [0.2, 0.25) is 5.91 Å². The van der Waals surface area contributed by atoms with Crippen LogP contribution < -0.4 is 5.73 Å². The highest BCUT2D eigenvalue weighted by atomic mass is 32.2. The summed E-state index contributed by atoms with van der Waals surface area (Å²) < 4.78 is -0.129. The second-order valence-electron chi connectivity index (χ2n) is 3.75. The fourth-order valence-electron chi connectivity index (χ4n) is 1.11. The van der Waals surface area contributed by atoms with Gasteiger partial charge in [-0.05, 0) is 26.0 Å². The van der Waals surface area contributed by atoms with Gasteiger partial charge in [0.05, 0.1) is 0 Å². The molecular formula is C12H15NOS. The maximum absolute atomic E-state index is 10.6. The summed E-state index contributed by atoms with van der Waals surface area (Å²) in [5.41, 5.74) is 5.06. The summed E-state index contributed by atoms with van der Waals surface area (Å²) in [4.78, 5) is 11.8. The van der Waals surface area contributed by atoms with Gasteiger partial charge in [-0.1, -0.05) is 24.3 Å². The summed E-state index contributed by atoms with van der Waals surface area (Å²) in [5, 5.41) is 0. The van der Waals surface area contributed by atoms with Gasteiger partial charge in [0.1, 0.15) is 0 Å². The minimum Gasteiger partial charge on any atom is -0.366 e. The number of carbonyl (C=O) groups excluding carboxylic acids is 1. The average Bonchev–Trinajstić information content (AvgIpc) is 2.16. The molecule has 1 rings (SSSR count). The van der Waals surface area contributed by atoms with Gasteiger partial charge in [0, 0.05) is 15.7 Å². The van der Waals surface area contributed by atoms with Crippen molar-refractivity contribution >= 4 is 17.7 Å². The Hall–Kier alpha value is -1.22. The lowest BCUT2D eigenvalue weighted by Gasteiger charge is -2.19. The molecule has 2 N–H and O–H groups in total. The first-order valence-corrected chi connectivity index (χ1v) is 5.54. The summed E-state index contributed by atoms with van der Waals surface area (Å²) in [7, 11) is 0. The summed E-state index contributed by atoms with van der Waals surface area (Å²) in [5.74, 6) is -0.406. The Labute approximate surface area is 94.6 Å². The highest BCUT2D eigenvalue weighted by molar-refractivity contribution is 8.00. The van der Waals surface area contributed by atoms with E-state index in [9.17, 15) is 4.79 Å². The number of amides is 1. The van der Waals surface area contributed by atoms with Crippen molar-refractivity contribution in [2.45, 2.75) is 23.5 Å². The molecule has 0 aromatic heterocycles. The molecule has 2 nitrogen and oxygen atoms in total. The van der Waals surface area contributed by atoms with Crippen molar-refractivity contribution in [2.75, 3.05) is 0 Å². The molecule has 0 heterocycles. The first-order chi connectivity index (χ1) is 6.99. The van der Waals surface area contributed by atoms with Gasteiger partial charge in [-0.2, -0.15) is 0 Å². The average molecular weight is 221 g/mol. The van der Waals surface area contributed by atoms with Crippen molar-refractivity contribution < 1.29 is 4.79 Å². The Kier molecular flexibility index (Phi) is 3.97. The number of primary amides is 1. The number of carbonyl (C=O) groups is 1. The molecule has 15 heavy (non-hydrogen) atoms. The highest BCUT2D eigenvalue weighted by Gasteiger charge is 2.15. The molecule has 0 saturated carbocycles. The molecule has 0 radical (unpaired) electrons. The summed E-state index contributed by atoms with van der Waals surface area (Å²) in [6.07, 6.45) is 3.24. The molecule has 3 heteroatoms. The molecule has 0 aliphatic carbocycles. The van der Waals surface area contributed by atoms with Gasteiger partial charge < -0.3 is 5.73 Å². The van der Waals surface area contributed by atoms with Crippen LogP contribution in [0.1, 0.15) is 13.8 Å². The Morgan fingerprint density at radius 1 is 1.33 bits per heavy atom. The van der Waals surface area contributed by atoms with Crippen LogP contribution in [0.3, 0.4) is 0 Å². The van der Waals surface area contributed by atoms with Gasteiger partial charge in [-0.15, -0.1) is 11.8 Å². The molecule has 1 aromatic rings. The Morgan fingerprint density at radius 3 is 2.47 bits per heavy atom. The van der Waals surface area contributed by atoms with E-state index in [1.54, 1.807) is 11.8 Å². The van der Waals surface area contributed by atoms with Crippen molar-refractivity contribution in [3.8, 4) is 0 Å². The molecule has 0 spiro atoms. The zero-order valence-electron chi connectivity index (χ0n) is 8.94. The predicted octanol–water partition coefficient (Wildman–Crippen LogP) is 2.60. The van der Waals surface area contributed by atoms with Crippen LogP contribution >= 0.6 is 11.8 Å². The Balaban J connectivity index is 2.68. The maximum Gasteiger partial charge on any atom is 0.241 e. The van der Waals surface area contributed by atoms with Crippen LogP contribution in [0.5, 0.6) is 0 Å². The quantitative estimate of drug-likeness (QED) is 0.627. The van der Waals surface area contributed by atoms with E-state index in [1.165, 1.54) is 11.0 Å². The number of thioether (sulfide) groups is 1. The highest BCUT2D eigenvalue weighted by Crippen LogP contribution is 2.33. The largest absolute Gasteiger partial charge is 0.366 e. The lowest BCUT2D eigenvalue weighted by atomic mass is 10.2. The Morgan fingerprint density at radius 2 is 1.93 bits per heavy atom. The number of rotatable bonds is 4. The van der Waals surface area contributed by atoms with Gasteiger partial charge in [0.15, 0.2) is 0 Å². The molecule has 80 valence electrons. The molecule has 1 amide bonds. The van der Waals surface area contributed by atoms with E-state index in [-0.39, 0.29) is 4.75 Å². The van der Waals surface area contributed by atoms with Gasteiger partial charge >= 0.3 is 0 Å². The normalized spacial score (nSPS) is 11.9. The topological polar surface area (TPSA) is 43.1 Å². The fourth-order valence-corrected chi connectivity index (χ4v) is 2.15. The van der Waals surface area contributed by atoms with Crippen molar-refractivity contribution in [3.05, 3.63) is 42.5 Å². The number of hydrogen-bond donors (Lipinski definition) is 1. The first-order valence-electron chi connectivity index (χ1n) is 4.72. The zero-order chi connectivity index (χ0) is 11.3. The molecule has 1 aromatic carbocycles. The molecule has 0 bridgehead atoms. The van der Waals surface area contributed by atoms with Crippen LogP contribution in [-0.2, 0) is 4.79 Å². The van der Waals surface area contributed by atoms with Crippen LogP contribution in [0.4, 0.5) is 0 Å². The van der Waals surface area contributed by atoms with Crippen molar-refractivity contribution in [3.63, 3.8) is 0 Å². The monoisotopic (exact) mass is 221 g/mol. The van der Waals surface area contributed by atoms with Gasteiger partial charge in [0.25, 0.3) is 0 Å². The summed E-state index contributed by atoms with van der Waals surface area (Å²) in [6, 6.07) is 10.1. The molecule has 0 unspecified atom stereocenters.